The molecule has 0 unspecified atom stereocenters. The van der Waals surface area contributed by atoms with Gasteiger partial charge >= 0.3 is 6.09 Å². The van der Waals surface area contributed by atoms with Gasteiger partial charge in [-0.1, -0.05) is 47.2 Å². The highest BCUT2D eigenvalue weighted by atomic mass is 35.5. The first-order chi connectivity index (χ1) is 9.66. The maximum absolute atomic E-state index is 11.5. The average Bonchev–Trinajstić information content (AvgIpc) is 2.85. The first-order valence-electron chi connectivity index (χ1n) is 5.80. The predicted molar refractivity (Wildman–Crippen MR) is 81.2 cm³/mol. The van der Waals surface area contributed by atoms with E-state index < -0.39 is 6.09 Å². The fourth-order valence-electron chi connectivity index (χ4n) is 1.88. The number of amides is 1. The number of nitrogens with zero attached hydrogens (tertiary/aromatic N) is 2. The van der Waals surface area contributed by atoms with Gasteiger partial charge in [-0.05, 0) is 24.3 Å². The lowest BCUT2D eigenvalue weighted by Crippen LogP contribution is -2.23. The maximum atomic E-state index is 11.5. The Morgan fingerprint density at radius 1 is 1.15 bits per heavy atom. The number of thiazole rings is 1. The summed E-state index contributed by atoms with van der Waals surface area (Å²) in [6, 6.07) is 14.3. The summed E-state index contributed by atoms with van der Waals surface area (Å²) < 4.78 is 0.856. The van der Waals surface area contributed by atoms with Crippen LogP contribution in [0, 0.1) is 0 Å². The number of carbonyl (C=O) groups is 1. The van der Waals surface area contributed by atoms with E-state index in [2.05, 4.69) is 4.98 Å². The van der Waals surface area contributed by atoms with Crippen molar-refractivity contribution in [1.82, 2.24) is 4.98 Å². The quantitative estimate of drug-likeness (QED) is 0.742. The molecule has 0 atom stereocenters. The lowest BCUT2D eigenvalue weighted by Gasteiger charge is -2.15. The summed E-state index contributed by atoms with van der Waals surface area (Å²) in [5.74, 6) is 0. The lowest BCUT2D eigenvalue weighted by molar-refractivity contribution is 0.205. The van der Waals surface area contributed by atoms with E-state index in [0.29, 0.717) is 21.4 Å². The summed E-state index contributed by atoms with van der Waals surface area (Å²) in [6.45, 7) is 0. The van der Waals surface area contributed by atoms with Crippen molar-refractivity contribution in [2.24, 2.45) is 0 Å². The molecule has 0 aliphatic carbocycles. The number of aromatic nitrogens is 1. The Kier molecular flexibility index (Phi) is 3.30. The zero-order valence-corrected chi connectivity index (χ0v) is 11.7. The van der Waals surface area contributed by atoms with E-state index >= 15 is 0 Å². The Morgan fingerprint density at radius 2 is 1.90 bits per heavy atom. The van der Waals surface area contributed by atoms with Crippen molar-refractivity contribution in [3.8, 4) is 0 Å². The van der Waals surface area contributed by atoms with Crippen molar-refractivity contribution in [2.45, 2.75) is 0 Å². The van der Waals surface area contributed by atoms with Gasteiger partial charge in [0, 0.05) is 0 Å². The molecule has 0 bridgehead atoms. The van der Waals surface area contributed by atoms with Gasteiger partial charge in [-0.2, -0.15) is 0 Å². The fourth-order valence-corrected chi connectivity index (χ4v) is 3.16. The molecule has 1 N–H and O–H groups in total. The number of fused-ring (bicyclic) bond motifs is 1. The van der Waals surface area contributed by atoms with Gasteiger partial charge in [0.25, 0.3) is 0 Å². The van der Waals surface area contributed by atoms with Gasteiger partial charge in [0.15, 0.2) is 0 Å². The van der Waals surface area contributed by atoms with Crippen LogP contribution in [0.15, 0.2) is 48.5 Å². The molecule has 0 aliphatic heterocycles. The van der Waals surface area contributed by atoms with E-state index in [4.69, 9.17) is 11.6 Å². The molecular weight excluding hydrogens is 296 g/mol. The molecule has 0 saturated heterocycles. The second-order valence-electron chi connectivity index (χ2n) is 4.04. The third kappa shape index (κ3) is 2.21. The van der Waals surface area contributed by atoms with Crippen LogP contribution in [-0.2, 0) is 0 Å². The number of carboxylic acid groups (broad SMARTS) is 1. The number of anilines is 2. The van der Waals surface area contributed by atoms with Crippen molar-refractivity contribution >= 4 is 50.1 Å². The number of para-hydroxylation sites is 2. The molecule has 6 heteroatoms. The van der Waals surface area contributed by atoms with Crippen molar-refractivity contribution < 1.29 is 9.90 Å². The molecular formula is C14H9ClN2O2S. The number of halogens is 1. The molecule has 1 aromatic heterocycles. The molecule has 100 valence electrons. The number of hydrogen-bond donors (Lipinski definition) is 1. The van der Waals surface area contributed by atoms with Gasteiger partial charge in [0.2, 0.25) is 5.13 Å². The zero-order chi connectivity index (χ0) is 14.1. The molecule has 4 nitrogen and oxygen atoms in total. The van der Waals surface area contributed by atoms with Gasteiger partial charge in [0.1, 0.15) is 5.52 Å². The Balaban J connectivity index is 2.16. The summed E-state index contributed by atoms with van der Waals surface area (Å²) in [5, 5.41) is 10.3. The van der Waals surface area contributed by atoms with Crippen LogP contribution in [-0.4, -0.2) is 16.2 Å². The second-order valence-corrected chi connectivity index (χ2v) is 5.45. The van der Waals surface area contributed by atoms with Gasteiger partial charge in [0.05, 0.1) is 15.4 Å². The maximum Gasteiger partial charge on any atom is 0.418 e. The largest absolute Gasteiger partial charge is 0.464 e. The highest BCUT2D eigenvalue weighted by Crippen LogP contribution is 2.35. The Labute approximate surface area is 123 Å². The number of rotatable bonds is 2. The number of benzene rings is 2. The molecule has 1 amide bonds. The molecule has 0 saturated carbocycles. The van der Waals surface area contributed by atoms with Crippen molar-refractivity contribution in [2.75, 3.05) is 4.90 Å². The molecule has 0 radical (unpaired) electrons. The van der Waals surface area contributed by atoms with Crippen LogP contribution in [0.3, 0.4) is 0 Å². The zero-order valence-electron chi connectivity index (χ0n) is 10.2. The smallest absolute Gasteiger partial charge is 0.418 e. The summed E-state index contributed by atoms with van der Waals surface area (Å²) in [5.41, 5.74) is 1.17. The Hall–Kier alpha value is -2.11. The van der Waals surface area contributed by atoms with Crippen molar-refractivity contribution in [3.63, 3.8) is 0 Å². The third-order valence-electron chi connectivity index (χ3n) is 2.76. The van der Waals surface area contributed by atoms with Gasteiger partial charge in [-0.15, -0.1) is 0 Å². The van der Waals surface area contributed by atoms with E-state index in [9.17, 15) is 9.90 Å². The van der Waals surface area contributed by atoms with Crippen LogP contribution in [0.2, 0.25) is 5.02 Å². The molecule has 1 heterocycles. The normalized spacial score (nSPS) is 10.7. The topological polar surface area (TPSA) is 53.4 Å². The van der Waals surface area contributed by atoms with Crippen molar-refractivity contribution in [3.05, 3.63) is 53.6 Å². The first kappa shape index (κ1) is 12.9. The minimum atomic E-state index is -1.08. The van der Waals surface area contributed by atoms with Gasteiger partial charge < -0.3 is 5.11 Å². The van der Waals surface area contributed by atoms with E-state index in [0.717, 1.165) is 9.60 Å². The molecule has 2 aromatic carbocycles. The first-order valence-corrected chi connectivity index (χ1v) is 6.99. The number of hydrogen-bond acceptors (Lipinski definition) is 3. The monoisotopic (exact) mass is 304 g/mol. The standard InChI is InChI=1S/C14H9ClN2O2S/c15-10-7-4-8-11-12(10)16-13(20-11)17(14(18)19)9-5-2-1-3-6-9/h1-8H,(H,18,19). The van der Waals surface area contributed by atoms with Crippen LogP contribution >= 0.6 is 22.9 Å². The van der Waals surface area contributed by atoms with E-state index in [1.807, 2.05) is 18.2 Å². The highest BCUT2D eigenvalue weighted by Gasteiger charge is 2.21. The Bertz CT molecular complexity index is 773. The minimum absolute atomic E-state index is 0.381. The molecule has 3 aromatic rings. The summed E-state index contributed by atoms with van der Waals surface area (Å²) in [7, 11) is 0. The summed E-state index contributed by atoms with van der Waals surface area (Å²) in [4.78, 5) is 17.0. The van der Waals surface area contributed by atoms with Crippen LogP contribution in [0.1, 0.15) is 0 Å². The van der Waals surface area contributed by atoms with Crippen LogP contribution in [0.4, 0.5) is 15.6 Å². The van der Waals surface area contributed by atoms with E-state index in [1.165, 1.54) is 11.3 Å². The van der Waals surface area contributed by atoms with Crippen LogP contribution < -0.4 is 4.90 Å². The molecule has 0 fully saturated rings. The fraction of sp³-hybridized carbons (Fsp3) is 0. The van der Waals surface area contributed by atoms with Crippen molar-refractivity contribution in [1.29, 1.82) is 0 Å². The molecule has 20 heavy (non-hydrogen) atoms. The minimum Gasteiger partial charge on any atom is -0.464 e. The van der Waals surface area contributed by atoms with Crippen LogP contribution in [0.25, 0.3) is 10.2 Å². The third-order valence-corrected chi connectivity index (χ3v) is 4.07. The van der Waals surface area contributed by atoms with Crippen LogP contribution in [0.5, 0.6) is 0 Å². The average molecular weight is 305 g/mol. The highest BCUT2D eigenvalue weighted by molar-refractivity contribution is 7.22. The Morgan fingerprint density at radius 3 is 2.55 bits per heavy atom. The van der Waals surface area contributed by atoms with Gasteiger partial charge in [-0.3, -0.25) is 0 Å². The van der Waals surface area contributed by atoms with E-state index in [-0.39, 0.29) is 0 Å². The summed E-state index contributed by atoms with van der Waals surface area (Å²) >= 11 is 7.37. The molecule has 0 aliphatic rings. The molecule has 0 spiro atoms. The predicted octanol–water partition coefficient (Wildman–Crippen LogP) is 4.77. The van der Waals surface area contributed by atoms with E-state index in [1.54, 1.807) is 30.3 Å². The SMILES string of the molecule is O=C(O)N(c1ccccc1)c1nc2c(Cl)cccc2s1. The molecule has 3 rings (SSSR count). The summed E-state index contributed by atoms with van der Waals surface area (Å²) in [6.07, 6.45) is -1.08. The lowest BCUT2D eigenvalue weighted by atomic mass is 10.3. The second kappa shape index (κ2) is 5.11. The van der Waals surface area contributed by atoms with Gasteiger partial charge in [-0.25, -0.2) is 14.7 Å².